The molecule has 0 aliphatic rings. The summed E-state index contributed by atoms with van der Waals surface area (Å²) < 4.78 is 1.85. The lowest BCUT2D eigenvalue weighted by Gasteiger charge is -2.18. The first-order valence-electron chi connectivity index (χ1n) is 6.32. The molecule has 0 aliphatic carbocycles. The average Bonchev–Trinajstić information content (AvgIpc) is 2.89. The van der Waals surface area contributed by atoms with Gasteiger partial charge in [-0.15, -0.1) is 0 Å². The molecule has 0 saturated heterocycles. The highest BCUT2D eigenvalue weighted by Gasteiger charge is 2.19. The quantitative estimate of drug-likeness (QED) is 0.658. The normalized spacial score (nSPS) is 12.9. The van der Waals surface area contributed by atoms with Crippen molar-refractivity contribution in [3.63, 3.8) is 0 Å². The van der Waals surface area contributed by atoms with Crippen LogP contribution in [-0.2, 0) is 6.42 Å². The molecular formula is C13H17Cl2N5. The Labute approximate surface area is 128 Å². The Balaban J connectivity index is 2.24. The molecule has 1 aromatic heterocycles. The molecule has 0 fully saturated rings. The predicted octanol–water partition coefficient (Wildman–Crippen LogP) is 2.91. The number of hydrazine groups is 1. The molecule has 20 heavy (non-hydrogen) atoms. The van der Waals surface area contributed by atoms with E-state index in [-0.39, 0.29) is 12.1 Å². The number of nitrogens with zero attached hydrogens (tertiary/aromatic N) is 3. The van der Waals surface area contributed by atoms with Crippen LogP contribution in [0.2, 0.25) is 10.0 Å². The molecule has 1 heterocycles. The summed E-state index contributed by atoms with van der Waals surface area (Å²) in [5, 5.41) is 5.29. The summed E-state index contributed by atoms with van der Waals surface area (Å²) in [5.41, 5.74) is 3.81. The molecule has 1 atom stereocenters. The zero-order valence-corrected chi connectivity index (χ0v) is 12.9. The zero-order valence-electron chi connectivity index (χ0n) is 11.3. The maximum Gasteiger partial charge on any atom is 0.145 e. The van der Waals surface area contributed by atoms with Crippen LogP contribution in [0.1, 0.15) is 37.3 Å². The number of hydrogen-bond donors (Lipinski definition) is 2. The minimum Gasteiger partial charge on any atom is -0.271 e. The zero-order chi connectivity index (χ0) is 14.7. The summed E-state index contributed by atoms with van der Waals surface area (Å²) in [6, 6.07) is 5.62. The first-order chi connectivity index (χ1) is 9.52. The fourth-order valence-corrected chi connectivity index (χ4v) is 2.35. The van der Waals surface area contributed by atoms with Gasteiger partial charge in [-0.25, -0.2) is 15.1 Å². The summed E-state index contributed by atoms with van der Waals surface area (Å²) in [5.74, 6) is 6.46. The molecule has 108 valence electrons. The number of aromatic nitrogens is 3. The Morgan fingerprint density at radius 3 is 2.65 bits per heavy atom. The fourth-order valence-electron chi connectivity index (χ4n) is 2.03. The Kier molecular flexibility index (Phi) is 4.99. The Bertz CT molecular complexity index is 582. The molecule has 0 saturated carbocycles. The predicted molar refractivity (Wildman–Crippen MR) is 80.6 cm³/mol. The van der Waals surface area contributed by atoms with E-state index >= 15 is 0 Å². The molecule has 3 N–H and O–H groups in total. The lowest BCUT2D eigenvalue weighted by atomic mass is 10.1. The molecule has 7 heteroatoms. The minimum absolute atomic E-state index is 0.142. The highest BCUT2D eigenvalue weighted by molar-refractivity contribution is 6.42. The van der Waals surface area contributed by atoms with Crippen molar-refractivity contribution in [2.24, 2.45) is 5.84 Å². The van der Waals surface area contributed by atoms with Crippen molar-refractivity contribution in [1.82, 2.24) is 20.2 Å². The maximum absolute atomic E-state index is 6.03. The number of nitrogens with two attached hydrogens (primary N) is 1. The molecule has 0 radical (unpaired) electrons. The second-order valence-corrected chi connectivity index (χ2v) is 5.64. The molecule has 0 spiro atoms. The molecule has 0 bridgehead atoms. The van der Waals surface area contributed by atoms with Gasteiger partial charge in [0.25, 0.3) is 0 Å². The third kappa shape index (κ3) is 3.30. The molecule has 2 aromatic rings. The van der Waals surface area contributed by atoms with Crippen LogP contribution >= 0.6 is 23.2 Å². The molecule has 1 aromatic carbocycles. The second-order valence-electron chi connectivity index (χ2n) is 4.83. The van der Waals surface area contributed by atoms with Gasteiger partial charge in [-0.05, 0) is 38.0 Å². The van der Waals surface area contributed by atoms with Gasteiger partial charge in [-0.1, -0.05) is 29.3 Å². The summed E-state index contributed by atoms with van der Waals surface area (Å²) in [4.78, 5) is 4.30. The molecular weight excluding hydrogens is 297 g/mol. The van der Waals surface area contributed by atoms with E-state index in [9.17, 15) is 0 Å². The first-order valence-corrected chi connectivity index (χ1v) is 7.08. The lowest BCUT2D eigenvalue weighted by molar-refractivity contribution is 0.439. The highest BCUT2D eigenvalue weighted by Crippen LogP contribution is 2.25. The van der Waals surface area contributed by atoms with Gasteiger partial charge in [-0.3, -0.25) is 5.84 Å². The van der Waals surface area contributed by atoms with Crippen LogP contribution in [0.15, 0.2) is 24.5 Å². The maximum atomic E-state index is 6.03. The standard InChI is InChI=1S/C13H17Cl2N5/c1-8(2)20-13(17-7-18-20)12(19-16)6-9-3-4-10(14)11(15)5-9/h3-5,7-8,12,19H,6,16H2,1-2H3. The van der Waals surface area contributed by atoms with Gasteiger partial charge in [0.2, 0.25) is 0 Å². The van der Waals surface area contributed by atoms with Crippen molar-refractivity contribution in [2.75, 3.05) is 0 Å². The average molecular weight is 314 g/mol. The molecule has 0 amide bonds. The third-order valence-corrected chi connectivity index (χ3v) is 3.77. The van der Waals surface area contributed by atoms with E-state index in [1.54, 1.807) is 6.07 Å². The second kappa shape index (κ2) is 6.54. The van der Waals surface area contributed by atoms with Crippen molar-refractivity contribution >= 4 is 23.2 Å². The summed E-state index contributed by atoms with van der Waals surface area (Å²) in [7, 11) is 0. The minimum atomic E-state index is -0.142. The molecule has 2 rings (SSSR count). The Morgan fingerprint density at radius 1 is 1.30 bits per heavy atom. The molecule has 0 aliphatic heterocycles. The molecule has 1 unspecified atom stereocenters. The van der Waals surface area contributed by atoms with Gasteiger partial charge in [0.15, 0.2) is 0 Å². The van der Waals surface area contributed by atoms with Crippen LogP contribution < -0.4 is 11.3 Å². The van der Waals surface area contributed by atoms with E-state index in [2.05, 4.69) is 15.5 Å². The van der Waals surface area contributed by atoms with E-state index in [1.807, 2.05) is 30.7 Å². The Morgan fingerprint density at radius 2 is 2.05 bits per heavy atom. The number of nitrogens with one attached hydrogen (secondary N) is 1. The van der Waals surface area contributed by atoms with Gasteiger partial charge in [0.05, 0.1) is 16.1 Å². The highest BCUT2D eigenvalue weighted by atomic mass is 35.5. The van der Waals surface area contributed by atoms with Crippen LogP contribution in [0, 0.1) is 0 Å². The number of hydrogen-bond acceptors (Lipinski definition) is 4. The summed E-state index contributed by atoms with van der Waals surface area (Å²) in [6.45, 7) is 4.09. The van der Waals surface area contributed by atoms with Gasteiger partial charge in [0.1, 0.15) is 12.2 Å². The van der Waals surface area contributed by atoms with Crippen molar-refractivity contribution in [2.45, 2.75) is 32.4 Å². The van der Waals surface area contributed by atoms with Crippen LogP contribution in [0.25, 0.3) is 0 Å². The Hall–Kier alpha value is -1.14. The number of benzene rings is 1. The van der Waals surface area contributed by atoms with E-state index in [0.29, 0.717) is 16.5 Å². The van der Waals surface area contributed by atoms with Crippen LogP contribution in [-0.4, -0.2) is 14.8 Å². The fraction of sp³-hybridized carbons (Fsp3) is 0.385. The van der Waals surface area contributed by atoms with Crippen molar-refractivity contribution < 1.29 is 0 Å². The topological polar surface area (TPSA) is 68.8 Å². The van der Waals surface area contributed by atoms with E-state index < -0.39 is 0 Å². The van der Waals surface area contributed by atoms with Crippen LogP contribution in [0.5, 0.6) is 0 Å². The van der Waals surface area contributed by atoms with Crippen LogP contribution in [0.4, 0.5) is 0 Å². The lowest BCUT2D eigenvalue weighted by Crippen LogP contribution is -2.32. The first kappa shape index (κ1) is 15.3. The monoisotopic (exact) mass is 313 g/mol. The van der Waals surface area contributed by atoms with Crippen molar-refractivity contribution in [3.8, 4) is 0 Å². The molecule has 5 nitrogen and oxygen atoms in total. The van der Waals surface area contributed by atoms with E-state index in [4.69, 9.17) is 29.0 Å². The van der Waals surface area contributed by atoms with E-state index in [0.717, 1.165) is 11.4 Å². The third-order valence-electron chi connectivity index (χ3n) is 3.03. The summed E-state index contributed by atoms with van der Waals surface area (Å²) >= 11 is 11.9. The smallest absolute Gasteiger partial charge is 0.145 e. The van der Waals surface area contributed by atoms with Gasteiger partial charge < -0.3 is 0 Å². The van der Waals surface area contributed by atoms with Crippen molar-refractivity contribution in [1.29, 1.82) is 0 Å². The van der Waals surface area contributed by atoms with Crippen molar-refractivity contribution in [3.05, 3.63) is 46.0 Å². The SMILES string of the molecule is CC(C)n1ncnc1C(Cc1ccc(Cl)c(Cl)c1)NN. The summed E-state index contributed by atoms with van der Waals surface area (Å²) in [6.07, 6.45) is 2.19. The largest absolute Gasteiger partial charge is 0.271 e. The van der Waals surface area contributed by atoms with Gasteiger partial charge >= 0.3 is 0 Å². The van der Waals surface area contributed by atoms with Gasteiger partial charge in [-0.2, -0.15) is 5.10 Å². The number of rotatable bonds is 5. The number of halogens is 2. The van der Waals surface area contributed by atoms with E-state index in [1.165, 1.54) is 6.33 Å². The van der Waals surface area contributed by atoms with Crippen LogP contribution in [0.3, 0.4) is 0 Å². The van der Waals surface area contributed by atoms with Gasteiger partial charge in [0, 0.05) is 6.04 Å².